The number of carbonyl (C=O) groups is 1. The molecule has 1 saturated heterocycles. The molecular weight excluding hydrogens is 361 g/mol. The number of nitrogens with zero attached hydrogens (tertiary/aromatic N) is 4. The monoisotopic (exact) mass is 381 g/mol. The number of urea groups is 1. The lowest BCUT2D eigenvalue weighted by Gasteiger charge is -2.35. The topological polar surface area (TPSA) is 72.3 Å². The van der Waals surface area contributed by atoms with Crippen LogP contribution in [0, 0.1) is 5.82 Å². The van der Waals surface area contributed by atoms with E-state index in [2.05, 4.69) is 15.4 Å². The molecule has 8 heteroatoms. The van der Waals surface area contributed by atoms with Crippen molar-refractivity contribution in [2.45, 2.75) is 12.6 Å². The van der Waals surface area contributed by atoms with Crippen molar-refractivity contribution in [3.63, 3.8) is 0 Å². The number of amides is 2. The Morgan fingerprint density at radius 1 is 1.25 bits per heavy atom. The van der Waals surface area contributed by atoms with Crippen LogP contribution in [0.5, 0.6) is 0 Å². The highest BCUT2D eigenvalue weighted by atomic mass is 19.1. The maximum Gasteiger partial charge on any atom is 0.318 e. The van der Waals surface area contributed by atoms with Crippen LogP contribution in [0.1, 0.15) is 17.2 Å². The molecule has 1 aliphatic rings. The summed E-state index contributed by atoms with van der Waals surface area (Å²) in [6.45, 7) is 1.70. The maximum absolute atomic E-state index is 13.2. The maximum atomic E-state index is 13.2. The molecule has 3 aromatic rings. The quantitative estimate of drug-likeness (QED) is 0.754. The van der Waals surface area contributed by atoms with Crippen molar-refractivity contribution in [1.82, 2.24) is 25.0 Å². The van der Waals surface area contributed by atoms with Gasteiger partial charge in [-0.2, -0.15) is 5.10 Å². The van der Waals surface area contributed by atoms with Crippen LogP contribution in [-0.4, -0.2) is 45.5 Å². The molecule has 0 spiro atoms. The Hall–Kier alpha value is -3.26. The van der Waals surface area contributed by atoms with Gasteiger partial charge in [-0.05, 0) is 41.5 Å². The van der Waals surface area contributed by atoms with Gasteiger partial charge >= 0.3 is 6.03 Å². The number of aromatic nitrogens is 3. The molecule has 0 saturated carbocycles. The third kappa shape index (κ3) is 4.01. The fraction of sp³-hybridized carbons (Fsp3) is 0.250. The highest BCUT2D eigenvalue weighted by molar-refractivity contribution is 5.75. The Bertz CT molecular complexity index is 930. The minimum atomic E-state index is -0.304. The highest BCUT2D eigenvalue weighted by Gasteiger charge is 2.28. The van der Waals surface area contributed by atoms with Crippen molar-refractivity contribution in [2.24, 2.45) is 0 Å². The minimum Gasteiger partial charge on any atom is -0.377 e. The second-order valence-corrected chi connectivity index (χ2v) is 6.47. The summed E-state index contributed by atoms with van der Waals surface area (Å²) in [6.07, 6.45) is 5.18. The zero-order valence-corrected chi connectivity index (χ0v) is 15.2. The number of rotatable bonds is 4. The highest BCUT2D eigenvalue weighted by Crippen LogP contribution is 2.24. The number of benzene rings is 1. The predicted molar refractivity (Wildman–Crippen MR) is 100 cm³/mol. The molecule has 0 aliphatic carbocycles. The molecule has 1 N–H and O–H groups in total. The van der Waals surface area contributed by atoms with Gasteiger partial charge in [0.25, 0.3) is 0 Å². The van der Waals surface area contributed by atoms with Crippen molar-refractivity contribution >= 4 is 6.03 Å². The number of nitrogens with one attached hydrogen (secondary N) is 1. The molecule has 1 fully saturated rings. The van der Waals surface area contributed by atoms with Gasteiger partial charge in [0.15, 0.2) is 5.82 Å². The van der Waals surface area contributed by atoms with Gasteiger partial charge in [0, 0.05) is 31.7 Å². The zero-order chi connectivity index (χ0) is 19.3. The summed E-state index contributed by atoms with van der Waals surface area (Å²) in [4.78, 5) is 18.8. The van der Waals surface area contributed by atoms with Gasteiger partial charge in [-0.15, -0.1) is 0 Å². The van der Waals surface area contributed by atoms with Crippen LogP contribution in [0.2, 0.25) is 0 Å². The molecule has 1 aliphatic heterocycles. The minimum absolute atomic E-state index is 0.185. The van der Waals surface area contributed by atoms with Crippen molar-refractivity contribution < 1.29 is 13.9 Å². The first-order valence-corrected chi connectivity index (χ1v) is 9.03. The molecule has 1 aromatic carbocycles. The molecule has 3 heterocycles. The number of morpholine rings is 1. The number of halogens is 1. The smallest absolute Gasteiger partial charge is 0.318 e. The molecule has 2 aromatic heterocycles. The summed E-state index contributed by atoms with van der Waals surface area (Å²) >= 11 is 0. The third-order valence-corrected chi connectivity index (χ3v) is 4.64. The van der Waals surface area contributed by atoms with E-state index in [-0.39, 0.29) is 17.9 Å². The summed E-state index contributed by atoms with van der Waals surface area (Å²) in [6, 6.07) is 11.3. The average Bonchev–Trinajstić information content (AvgIpc) is 3.28. The van der Waals surface area contributed by atoms with E-state index in [4.69, 9.17) is 4.74 Å². The first-order valence-electron chi connectivity index (χ1n) is 9.03. The van der Waals surface area contributed by atoms with Gasteiger partial charge in [-0.25, -0.2) is 18.9 Å². The number of hydrogen-bond donors (Lipinski definition) is 1. The summed E-state index contributed by atoms with van der Waals surface area (Å²) in [7, 11) is 0. The van der Waals surface area contributed by atoms with Crippen molar-refractivity contribution in [2.75, 3.05) is 19.8 Å². The van der Waals surface area contributed by atoms with Crippen LogP contribution in [0.25, 0.3) is 5.82 Å². The first kappa shape index (κ1) is 18.1. The Morgan fingerprint density at radius 2 is 2.11 bits per heavy atom. The van der Waals surface area contributed by atoms with E-state index >= 15 is 0 Å². The summed E-state index contributed by atoms with van der Waals surface area (Å²) in [5.74, 6) is 0.384. The molecule has 7 nitrogen and oxygen atoms in total. The summed E-state index contributed by atoms with van der Waals surface area (Å²) < 4.78 is 20.4. The van der Waals surface area contributed by atoms with E-state index < -0.39 is 0 Å². The predicted octanol–water partition coefficient (Wildman–Crippen LogP) is 2.69. The number of pyridine rings is 1. The van der Waals surface area contributed by atoms with E-state index in [0.717, 1.165) is 11.1 Å². The van der Waals surface area contributed by atoms with Crippen molar-refractivity contribution in [3.8, 4) is 5.82 Å². The van der Waals surface area contributed by atoms with E-state index in [0.29, 0.717) is 32.1 Å². The van der Waals surface area contributed by atoms with Crippen LogP contribution in [0.4, 0.5) is 9.18 Å². The molecule has 4 rings (SSSR count). The van der Waals surface area contributed by atoms with E-state index in [1.807, 2.05) is 24.4 Å². The molecule has 0 bridgehead atoms. The van der Waals surface area contributed by atoms with Gasteiger partial charge in [0.2, 0.25) is 0 Å². The van der Waals surface area contributed by atoms with Crippen LogP contribution in [0.3, 0.4) is 0 Å². The second-order valence-electron chi connectivity index (χ2n) is 6.47. The van der Waals surface area contributed by atoms with Crippen LogP contribution in [-0.2, 0) is 11.3 Å². The summed E-state index contributed by atoms with van der Waals surface area (Å²) in [5.41, 5.74) is 1.77. The Morgan fingerprint density at radius 3 is 2.89 bits per heavy atom. The van der Waals surface area contributed by atoms with Gasteiger partial charge in [0.1, 0.15) is 5.82 Å². The summed E-state index contributed by atoms with van der Waals surface area (Å²) in [5, 5.41) is 7.12. The molecule has 1 unspecified atom stereocenters. The van der Waals surface area contributed by atoms with Crippen molar-refractivity contribution in [3.05, 3.63) is 78.0 Å². The lowest BCUT2D eigenvalue weighted by Crippen LogP contribution is -2.47. The molecule has 1 atom stereocenters. The average molecular weight is 381 g/mol. The van der Waals surface area contributed by atoms with Gasteiger partial charge in [0.05, 0.1) is 19.3 Å². The standard InChI is InChI=1S/C20H20FN5O2/c21-17-4-2-16(3-5-17)18-14-28-11-10-25(18)20(27)23-13-15-6-8-22-19(12-15)26-9-1-7-24-26/h1-9,12,18H,10-11,13-14H2,(H,23,27). The van der Waals surface area contributed by atoms with Crippen LogP contribution < -0.4 is 5.32 Å². The SMILES string of the molecule is O=C(NCc1ccnc(-n2cccn2)c1)N1CCOCC1c1ccc(F)cc1. The Balaban J connectivity index is 1.43. The van der Waals surface area contributed by atoms with Gasteiger partial charge in [-0.3, -0.25) is 0 Å². The van der Waals surface area contributed by atoms with E-state index in [1.54, 1.807) is 34.1 Å². The molecule has 2 amide bonds. The van der Waals surface area contributed by atoms with Crippen LogP contribution >= 0.6 is 0 Å². The molecular formula is C20H20FN5O2. The largest absolute Gasteiger partial charge is 0.377 e. The van der Waals surface area contributed by atoms with Crippen LogP contribution in [0.15, 0.2) is 61.1 Å². The number of ether oxygens (including phenoxy) is 1. The first-order chi connectivity index (χ1) is 13.7. The number of carbonyl (C=O) groups excluding carboxylic acids is 1. The normalized spacial score (nSPS) is 16.8. The fourth-order valence-corrected chi connectivity index (χ4v) is 3.19. The Kier molecular flexibility index (Phi) is 5.29. The van der Waals surface area contributed by atoms with Gasteiger partial charge < -0.3 is 15.0 Å². The lowest BCUT2D eigenvalue weighted by atomic mass is 10.1. The Labute approximate surface area is 161 Å². The second kappa shape index (κ2) is 8.18. The number of hydrogen-bond acceptors (Lipinski definition) is 4. The fourth-order valence-electron chi connectivity index (χ4n) is 3.19. The molecule has 0 radical (unpaired) electrons. The van der Waals surface area contributed by atoms with Gasteiger partial charge in [-0.1, -0.05) is 12.1 Å². The lowest BCUT2D eigenvalue weighted by molar-refractivity contribution is 0.0115. The third-order valence-electron chi connectivity index (χ3n) is 4.64. The molecule has 28 heavy (non-hydrogen) atoms. The zero-order valence-electron chi connectivity index (χ0n) is 15.2. The van der Waals surface area contributed by atoms with E-state index in [1.165, 1.54) is 12.1 Å². The van der Waals surface area contributed by atoms with E-state index in [9.17, 15) is 9.18 Å². The van der Waals surface area contributed by atoms with Crippen molar-refractivity contribution in [1.29, 1.82) is 0 Å². The molecule has 144 valence electrons.